The zero-order valence-corrected chi connectivity index (χ0v) is 11.3. The number of hydrogen-bond acceptors (Lipinski definition) is 4. The van der Waals surface area contributed by atoms with Crippen LogP contribution in [0.2, 0.25) is 5.15 Å². The zero-order valence-electron chi connectivity index (χ0n) is 7.53. The Balaban J connectivity index is 3.16. The van der Waals surface area contributed by atoms with Gasteiger partial charge in [0.2, 0.25) is 0 Å². The lowest BCUT2D eigenvalue weighted by atomic mass is 10.4. The highest BCUT2D eigenvalue weighted by molar-refractivity contribution is 14.1. The third kappa shape index (κ3) is 2.77. The predicted octanol–water partition coefficient (Wildman–Crippen LogP) is 1.84. The fraction of sp³-hybridized carbons (Fsp3) is 0.429. The molecule has 0 saturated heterocycles. The number of aromatic nitrogens is 2. The Kier molecular flexibility index (Phi) is 3.70. The SMILES string of the molecule is CC(c1ncc(I)c(Cl)n1)S(C)(=O)=O. The fourth-order valence-corrected chi connectivity index (χ4v) is 1.64. The molecule has 7 heteroatoms. The van der Waals surface area contributed by atoms with Gasteiger partial charge in [0, 0.05) is 12.5 Å². The lowest BCUT2D eigenvalue weighted by Crippen LogP contribution is -2.11. The maximum absolute atomic E-state index is 11.2. The Morgan fingerprint density at radius 3 is 2.57 bits per heavy atom. The van der Waals surface area contributed by atoms with E-state index in [9.17, 15) is 8.42 Å². The van der Waals surface area contributed by atoms with Crippen LogP contribution in [0.1, 0.15) is 18.0 Å². The second kappa shape index (κ2) is 4.28. The molecule has 0 saturated carbocycles. The van der Waals surface area contributed by atoms with Gasteiger partial charge in [-0.25, -0.2) is 18.4 Å². The second-order valence-electron chi connectivity index (χ2n) is 2.84. The van der Waals surface area contributed by atoms with E-state index in [2.05, 4.69) is 9.97 Å². The van der Waals surface area contributed by atoms with Crippen LogP contribution in [0.5, 0.6) is 0 Å². The minimum atomic E-state index is -3.17. The molecule has 0 aliphatic carbocycles. The summed E-state index contributed by atoms with van der Waals surface area (Å²) in [5.74, 6) is 0.234. The second-order valence-corrected chi connectivity index (χ2v) is 6.73. The first kappa shape index (κ1) is 12.1. The average Bonchev–Trinajstić information content (AvgIpc) is 2.07. The van der Waals surface area contributed by atoms with Gasteiger partial charge >= 0.3 is 0 Å². The smallest absolute Gasteiger partial charge is 0.157 e. The van der Waals surface area contributed by atoms with Gasteiger partial charge in [0.15, 0.2) is 9.84 Å². The lowest BCUT2D eigenvalue weighted by Gasteiger charge is -2.07. The van der Waals surface area contributed by atoms with Gasteiger partial charge in [-0.15, -0.1) is 0 Å². The van der Waals surface area contributed by atoms with Gasteiger partial charge in [-0.1, -0.05) is 11.6 Å². The molecule has 1 rings (SSSR count). The van der Waals surface area contributed by atoms with Gasteiger partial charge in [0.1, 0.15) is 16.2 Å². The number of halogens is 2. The van der Waals surface area contributed by atoms with Crippen LogP contribution in [0, 0.1) is 3.57 Å². The lowest BCUT2D eigenvalue weighted by molar-refractivity contribution is 0.589. The third-order valence-corrected chi connectivity index (χ3v) is 4.62. The van der Waals surface area contributed by atoms with Crippen molar-refractivity contribution in [1.82, 2.24) is 9.97 Å². The molecule has 1 unspecified atom stereocenters. The normalized spacial score (nSPS) is 14.0. The van der Waals surface area contributed by atoms with E-state index in [1.165, 1.54) is 13.1 Å². The van der Waals surface area contributed by atoms with Crippen molar-refractivity contribution < 1.29 is 8.42 Å². The van der Waals surface area contributed by atoms with Crippen molar-refractivity contribution >= 4 is 44.0 Å². The van der Waals surface area contributed by atoms with E-state index in [-0.39, 0.29) is 11.0 Å². The summed E-state index contributed by atoms with van der Waals surface area (Å²) in [4.78, 5) is 7.83. The maximum Gasteiger partial charge on any atom is 0.157 e. The van der Waals surface area contributed by atoms with Crippen LogP contribution in [0.4, 0.5) is 0 Å². The van der Waals surface area contributed by atoms with E-state index < -0.39 is 15.1 Å². The van der Waals surface area contributed by atoms with Crippen LogP contribution in [0.3, 0.4) is 0 Å². The minimum Gasteiger partial charge on any atom is -0.239 e. The highest BCUT2D eigenvalue weighted by atomic mass is 127. The van der Waals surface area contributed by atoms with Crippen molar-refractivity contribution in [2.45, 2.75) is 12.2 Å². The van der Waals surface area contributed by atoms with Gasteiger partial charge in [-0.3, -0.25) is 0 Å². The predicted molar refractivity (Wildman–Crippen MR) is 63.0 cm³/mol. The Labute approximate surface area is 101 Å². The van der Waals surface area contributed by atoms with Crippen LogP contribution >= 0.6 is 34.2 Å². The largest absolute Gasteiger partial charge is 0.239 e. The molecule has 0 bridgehead atoms. The topological polar surface area (TPSA) is 59.9 Å². The van der Waals surface area contributed by atoms with E-state index in [0.717, 1.165) is 6.26 Å². The summed E-state index contributed by atoms with van der Waals surface area (Å²) in [6, 6.07) is 0. The molecule has 0 aliphatic rings. The van der Waals surface area contributed by atoms with Crippen molar-refractivity contribution in [1.29, 1.82) is 0 Å². The maximum atomic E-state index is 11.2. The monoisotopic (exact) mass is 346 g/mol. The minimum absolute atomic E-state index is 0.234. The van der Waals surface area contributed by atoms with Gasteiger partial charge in [0.05, 0.1) is 3.57 Å². The van der Waals surface area contributed by atoms with Gasteiger partial charge < -0.3 is 0 Å². The molecule has 0 N–H and O–H groups in total. The van der Waals surface area contributed by atoms with Crippen molar-refractivity contribution in [2.75, 3.05) is 6.26 Å². The summed E-state index contributed by atoms with van der Waals surface area (Å²) < 4.78 is 23.1. The molecule has 1 heterocycles. The van der Waals surface area contributed by atoms with Crippen molar-refractivity contribution in [3.63, 3.8) is 0 Å². The molecule has 0 aromatic carbocycles. The van der Waals surface area contributed by atoms with Gasteiger partial charge in [0.25, 0.3) is 0 Å². The summed E-state index contributed by atoms with van der Waals surface area (Å²) in [5.41, 5.74) is 0. The molecule has 4 nitrogen and oxygen atoms in total. The van der Waals surface area contributed by atoms with Crippen LogP contribution in [-0.4, -0.2) is 24.6 Å². The average molecular weight is 347 g/mol. The fourth-order valence-electron chi connectivity index (χ4n) is 0.746. The molecule has 0 amide bonds. The summed E-state index contributed by atoms with van der Waals surface area (Å²) in [7, 11) is -3.17. The molecule has 1 aromatic rings. The van der Waals surface area contributed by atoms with E-state index in [1.54, 1.807) is 0 Å². The summed E-state index contributed by atoms with van der Waals surface area (Å²) in [6.45, 7) is 1.54. The highest BCUT2D eigenvalue weighted by Gasteiger charge is 2.20. The van der Waals surface area contributed by atoms with Gasteiger partial charge in [-0.2, -0.15) is 0 Å². The van der Waals surface area contributed by atoms with Crippen LogP contribution < -0.4 is 0 Å². The first-order chi connectivity index (χ1) is 6.32. The summed E-state index contributed by atoms with van der Waals surface area (Å²) in [6.07, 6.45) is 2.65. The summed E-state index contributed by atoms with van der Waals surface area (Å²) in [5, 5.41) is -0.442. The molecular weight excluding hydrogens is 339 g/mol. The number of rotatable bonds is 2. The molecular formula is C7H8ClIN2O2S. The quantitative estimate of drug-likeness (QED) is 0.605. The Morgan fingerprint density at radius 1 is 1.57 bits per heavy atom. The standard InChI is InChI=1S/C7H8ClIN2O2S/c1-4(14(2,12)13)7-10-3-5(9)6(8)11-7/h3-4H,1-2H3. The molecule has 0 fully saturated rings. The molecule has 1 aromatic heterocycles. The van der Waals surface area contributed by atoms with Crippen LogP contribution in [-0.2, 0) is 9.84 Å². The summed E-state index contributed by atoms with van der Waals surface area (Å²) >= 11 is 7.73. The molecule has 1 atom stereocenters. The number of sulfone groups is 1. The van der Waals surface area contributed by atoms with E-state index in [4.69, 9.17) is 11.6 Å². The Bertz CT molecular complexity index is 449. The van der Waals surface area contributed by atoms with Crippen LogP contribution in [0.25, 0.3) is 0 Å². The molecule has 14 heavy (non-hydrogen) atoms. The number of hydrogen-bond donors (Lipinski definition) is 0. The number of nitrogens with zero attached hydrogens (tertiary/aromatic N) is 2. The first-order valence-corrected chi connectivity index (χ1v) is 7.10. The van der Waals surface area contributed by atoms with Gasteiger partial charge in [-0.05, 0) is 29.5 Å². The third-order valence-electron chi connectivity index (χ3n) is 1.73. The Hall–Kier alpha value is 0.0500. The molecule has 78 valence electrons. The Morgan fingerprint density at radius 2 is 2.14 bits per heavy atom. The van der Waals surface area contributed by atoms with Crippen molar-refractivity contribution in [3.8, 4) is 0 Å². The van der Waals surface area contributed by atoms with E-state index in [1.807, 2.05) is 22.6 Å². The van der Waals surface area contributed by atoms with E-state index >= 15 is 0 Å². The highest BCUT2D eigenvalue weighted by Crippen LogP contribution is 2.21. The molecule has 0 radical (unpaired) electrons. The molecule has 0 aliphatic heterocycles. The van der Waals surface area contributed by atoms with Crippen molar-refractivity contribution in [2.24, 2.45) is 0 Å². The van der Waals surface area contributed by atoms with Crippen LogP contribution in [0.15, 0.2) is 6.20 Å². The van der Waals surface area contributed by atoms with Crippen molar-refractivity contribution in [3.05, 3.63) is 20.7 Å². The molecule has 0 spiro atoms. The first-order valence-electron chi connectivity index (χ1n) is 3.69. The van der Waals surface area contributed by atoms with E-state index in [0.29, 0.717) is 3.57 Å². The zero-order chi connectivity index (χ0) is 10.9.